The van der Waals surface area contributed by atoms with Gasteiger partial charge in [0.05, 0.1) is 6.04 Å². The summed E-state index contributed by atoms with van der Waals surface area (Å²) < 4.78 is 0. The fraction of sp³-hybridized carbons (Fsp3) is 0.400. The van der Waals surface area contributed by atoms with Crippen molar-refractivity contribution in [2.75, 3.05) is 0 Å². The Morgan fingerprint density at radius 3 is 2.83 bits per heavy atom. The van der Waals surface area contributed by atoms with Crippen molar-refractivity contribution in [2.24, 2.45) is 0 Å². The van der Waals surface area contributed by atoms with Crippen LogP contribution < -0.4 is 5.32 Å². The van der Waals surface area contributed by atoms with E-state index >= 15 is 0 Å². The highest BCUT2D eigenvalue weighted by Crippen LogP contribution is 2.40. The van der Waals surface area contributed by atoms with Crippen LogP contribution in [0.5, 0.6) is 0 Å². The summed E-state index contributed by atoms with van der Waals surface area (Å²) >= 11 is 0. The molecular formula is C20H23N3O. The molecule has 4 rings (SSSR count). The van der Waals surface area contributed by atoms with E-state index in [0.29, 0.717) is 12.6 Å². The van der Waals surface area contributed by atoms with Gasteiger partial charge in [-0.2, -0.15) is 0 Å². The Morgan fingerprint density at radius 1 is 1.17 bits per heavy atom. The Kier molecular flexibility index (Phi) is 4.20. The van der Waals surface area contributed by atoms with E-state index in [9.17, 15) is 4.79 Å². The number of urea groups is 1. The number of nitrogens with zero attached hydrogens (tertiary/aromatic N) is 2. The van der Waals surface area contributed by atoms with Crippen molar-refractivity contribution in [3.63, 3.8) is 0 Å². The van der Waals surface area contributed by atoms with E-state index in [-0.39, 0.29) is 12.1 Å². The molecule has 0 aliphatic heterocycles. The minimum atomic E-state index is 0.0584. The third-order valence-electron chi connectivity index (χ3n) is 5.01. The summed E-state index contributed by atoms with van der Waals surface area (Å²) in [6.45, 7) is 0.532. The molecular weight excluding hydrogens is 298 g/mol. The third-order valence-corrected chi connectivity index (χ3v) is 5.01. The molecule has 0 unspecified atom stereocenters. The van der Waals surface area contributed by atoms with E-state index in [0.717, 1.165) is 37.7 Å². The minimum Gasteiger partial charge on any atom is -0.334 e. The molecule has 0 spiro atoms. The third kappa shape index (κ3) is 3.14. The topological polar surface area (TPSA) is 45.2 Å². The van der Waals surface area contributed by atoms with Crippen molar-refractivity contribution in [1.82, 2.24) is 15.2 Å². The van der Waals surface area contributed by atoms with Gasteiger partial charge in [0.25, 0.3) is 0 Å². The lowest BCUT2D eigenvalue weighted by Crippen LogP contribution is -2.44. The van der Waals surface area contributed by atoms with Gasteiger partial charge in [0.15, 0.2) is 0 Å². The van der Waals surface area contributed by atoms with E-state index in [1.807, 2.05) is 12.1 Å². The summed E-state index contributed by atoms with van der Waals surface area (Å²) in [5.74, 6) is 0. The van der Waals surface area contributed by atoms with Crippen LogP contribution in [-0.2, 0) is 13.0 Å². The molecule has 1 aromatic carbocycles. The molecule has 2 aliphatic rings. The number of carbonyl (C=O) groups excluding carboxylic acids is 1. The van der Waals surface area contributed by atoms with Gasteiger partial charge < -0.3 is 10.2 Å². The van der Waals surface area contributed by atoms with Gasteiger partial charge in [0.2, 0.25) is 0 Å². The summed E-state index contributed by atoms with van der Waals surface area (Å²) in [4.78, 5) is 19.1. The predicted octanol–water partition coefficient (Wildman–Crippen LogP) is 3.83. The number of aromatic nitrogens is 1. The molecule has 1 fully saturated rings. The lowest BCUT2D eigenvalue weighted by atomic mass is 9.87. The number of aryl methyl sites for hydroxylation is 1. The Hall–Kier alpha value is -2.36. The monoisotopic (exact) mass is 321 g/mol. The molecule has 2 aromatic rings. The van der Waals surface area contributed by atoms with Crippen LogP contribution >= 0.6 is 0 Å². The van der Waals surface area contributed by atoms with Crippen LogP contribution in [0.15, 0.2) is 48.8 Å². The molecule has 0 saturated heterocycles. The van der Waals surface area contributed by atoms with Crippen molar-refractivity contribution in [1.29, 1.82) is 0 Å². The van der Waals surface area contributed by atoms with E-state index in [1.165, 1.54) is 11.1 Å². The Labute approximate surface area is 142 Å². The van der Waals surface area contributed by atoms with Gasteiger partial charge >= 0.3 is 6.03 Å². The second-order valence-electron chi connectivity index (χ2n) is 6.77. The number of rotatable bonds is 4. The van der Waals surface area contributed by atoms with Gasteiger partial charge in [-0.1, -0.05) is 30.3 Å². The summed E-state index contributed by atoms with van der Waals surface area (Å²) in [5.41, 5.74) is 3.78. The van der Waals surface area contributed by atoms with Crippen LogP contribution in [0.1, 0.15) is 48.4 Å². The largest absolute Gasteiger partial charge is 0.334 e. The number of pyridine rings is 1. The summed E-state index contributed by atoms with van der Waals surface area (Å²) in [5, 5.41) is 3.10. The number of nitrogens with one attached hydrogen (secondary N) is 1. The van der Waals surface area contributed by atoms with Crippen LogP contribution in [0.25, 0.3) is 0 Å². The lowest BCUT2D eigenvalue weighted by Gasteiger charge is -2.36. The zero-order valence-electron chi connectivity index (χ0n) is 13.8. The Bertz CT molecular complexity index is 712. The molecule has 2 amide bonds. The van der Waals surface area contributed by atoms with Crippen molar-refractivity contribution in [3.8, 4) is 0 Å². The number of amides is 2. The average Bonchev–Trinajstić information content (AvgIpc) is 3.46. The Morgan fingerprint density at radius 2 is 2.04 bits per heavy atom. The fourth-order valence-corrected chi connectivity index (χ4v) is 3.70. The second-order valence-corrected chi connectivity index (χ2v) is 6.77. The van der Waals surface area contributed by atoms with Crippen LogP contribution in [0.2, 0.25) is 0 Å². The standard InChI is InChI=1S/C20H23N3O/c24-20(22-14-15-5-4-12-21-13-15)23(17-10-11-17)19-9-3-7-16-6-1-2-8-18(16)19/h1-2,4-6,8,12-13,17,19H,3,7,9-11,14H2,(H,22,24)/t19-/m1/s1. The first kappa shape index (κ1) is 15.2. The van der Waals surface area contributed by atoms with E-state index < -0.39 is 0 Å². The number of benzene rings is 1. The van der Waals surface area contributed by atoms with Gasteiger partial charge in [-0.3, -0.25) is 4.98 Å². The van der Waals surface area contributed by atoms with Gasteiger partial charge in [-0.05, 0) is 54.9 Å². The normalized spacial score (nSPS) is 19.4. The highest BCUT2D eigenvalue weighted by molar-refractivity contribution is 5.75. The van der Waals surface area contributed by atoms with Gasteiger partial charge in [-0.25, -0.2) is 4.79 Å². The minimum absolute atomic E-state index is 0.0584. The first-order valence-corrected chi connectivity index (χ1v) is 8.86. The number of hydrogen-bond acceptors (Lipinski definition) is 2. The molecule has 1 saturated carbocycles. The molecule has 4 nitrogen and oxygen atoms in total. The van der Waals surface area contributed by atoms with Gasteiger partial charge in [0.1, 0.15) is 0 Å². The highest BCUT2D eigenvalue weighted by atomic mass is 16.2. The van der Waals surface area contributed by atoms with Crippen LogP contribution in [0, 0.1) is 0 Å². The Balaban J connectivity index is 1.52. The average molecular weight is 321 g/mol. The molecule has 0 bridgehead atoms. The number of fused-ring (bicyclic) bond motifs is 1. The van der Waals surface area contributed by atoms with Crippen molar-refractivity contribution in [2.45, 2.75) is 50.7 Å². The molecule has 1 atom stereocenters. The fourth-order valence-electron chi connectivity index (χ4n) is 3.70. The molecule has 4 heteroatoms. The maximum atomic E-state index is 12.9. The molecule has 0 radical (unpaired) electrons. The first-order valence-electron chi connectivity index (χ1n) is 8.86. The van der Waals surface area contributed by atoms with E-state index in [1.54, 1.807) is 12.4 Å². The van der Waals surface area contributed by atoms with Crippen LogP contribution in [-0.4, -0.2) is 22.0 Å². The van der Waals surface area contributed by atoms with Crippen molar-refractivity contribution < 1.29 is 4.79 Å². The first-order chi connectivity index (χ1) is 11.8. The number of hydrogen-bond donors (Lipinski definition) is 1. The number of carbonyl (C=O) groups is 1. The second kappa shape index (κ2) is 6.63. The lowest BCUT2D eigenvalue weighted by molar-refractivity contribution is 0.161. The quantitative estimate of drug-likeness (QED) is 0.930. The zero-order chi connectivity index (χ0) is 16.4. The van der Waals surface area contributed by atoms with Crippen molar-refractivity contribution in [3.05, 3.63) is 65.5 Å². The van der Waals surface area contributed by atoms with Gasteiger partial charge in [-0.15, -0.1) is 0 Å². The smallest absolute Gasteiger partial charge is 0.318 e. The van der Waals surface area contributed by atoms with Gasteiger partial charge in [0, 0.05) is 25.0 Å². The van der Waals surface area contributed by atoms with Crippen LogP contribution in [0.3, 0.4) is 0 Å². The molecule has 1 N–H and O–H groups in total. The summed E-state index contributed by atoms with van der Waals surface area (Å²) in [7, 11) is 0. The highest BCUT2D eigenvalue weighted by Gasteiger charge is 2.39. The summed E-state index contributed by atoms with van der Waals surface area (Å²) in [6, 6.07) is 13.2. The maximum absolute atomic E-state index is 12.9. The molecule has 24 heavy (non-hydrogen) atoms. The maximum Gasteiger partial charge on any atom is 0.318 e. The zero-order valence-corrected chi connectivity index (χ0v) is 13.8. The SMILES string of the molecule is O=C(NCc1cccnc1)N(C1CC1)[C@@H]1CCCc2ccccc21. The summed E-state index contributed by atoms with van der Waals surface area (Å²) in [6.07, 6.45) is 9.15. The molecule has 124 valence electrons. The van der Waals surface area contributed by atoms with E-state index in [2.05, 4.69) is 39.5 Å². The molecule has 1 aromatic heterocycles. The predicted molar refractivity (Wildman–Crippen MR) is 93.5 cm³/mol. The van der Waals surface area contributed by atoms with E-state index in [4.69, 9.17) is 0 Å². The molecule has 1 heterocycles. The van der Waals surface area contributed by atoms with Crippen molar-refractivity contribution >= 4 is 6.03 Å². The molecule has 2 aliphatic carbocycles. The van der Waals surface area contributed by atoms with Crippen LogP contribution in [0.4, 0.5) is 4.79 Å².